The fourth-order valence-electron chi connectivity index (χ4n) is 10.4. The van der Waals surface area contributed by atoms with Crippen molar-refractivity contribution in [3.8, 4) is 55.9 Å². The smallest absolute Gasteiger partial charge is 0.309 e. The molecule has 0 fully saturated rings. The highest BCUT2D eigenvalue weighted by atomic mass is 19.4. The molecule has 0 aliphatic carbocycles. The molecular weight excluding hydrogens is 832 g/mol. The zero-order valence-corrected chi connectivity index (χ0v) is 37.7. The quantitative estimate of drug-likeness (QED) is 0.148. The lowest BCUT2D eigenvalue weighted by molar-refractivity contribution is -0.137. The number of para-hydroxylation sites is 2. The maximum atomic E-state index is 13.9. The summed E-state index contributed by atoms with van der Waals surface area (Å²) in [5.41, 5.74) is 18.4. The number of halogens is 3. The average Bonchev–Trinajstić information content (AvgIpc) is 3.82. The van der Waals surface area contributed by atoms with Gasteiger partial charge in [-0.2, -0.15) is 13.2 Å². The van der Waals surface area contributed by atoms with Crippen LogP contribution in [0.25, 0.3) is 104 Å². The van der Waals surface area contributed by atoms with Crippen LogP contribution in [-0.2, 0) is 6.18 Å². The van der Waals surface area contributed by atoms with E-state index in [1.807, 2.05) is 30.3 Å². The van der Waals surface area contributed by atoms with Gasteiger partial charge in [0.05, 0.1) is 39.9 Å². The van der Waals surface area contributed by atoms with E-state index in [0.717, 1.165) is 88.9 Å². The molecule has 0 saturated heterocycles. The molecule has 2 aromatic heterocycles. The molecule has 0 N–H and O–H groups in total. The topological polar surface area (TPSA) is 14.2 Å². The van der Waals surface area contributed by atoms with Crippen molar-refractivity contribution >= 4 is 49.3 Å². The predicted molar refractivity (Wildman–Crippen MR) is 272 cm³/mol. The first-order valence-corrected chi connectivity index (χ1v) is 22.4. The average molecular weight is 876 g/mol. The van der Waals surface area contributed by atoms with E-state index in [9.17, 15) is 13.2 Å². The molecule has 0 bridgehead atoms. The minimum absolute atomic E-state index is 0.460. The Hall–Kier alpha value is -8.14. The van der Waals surface area contributed by atoms with Gasteiger partial charge in [-0.1, -0.05) is 125 Å². The molecule has 67 heavy (non-hydrogen) atoms. The lowest BCUT2D eigenvalue weighted by Crippen LogP contribution is -2.05. The van der Waals surface area contributed by atoms with Gasteiger partial charge < -0.3 is 9.13 Å². The fraction of sp³-hybridized carbons (Fsp3) is 0.0984. The van der Waals surface area contributed by atoms with E-state index in [4.69, 9.17) is 6.57 Å². The number of benzene rings is 9. The lowest BCUT2D eigenvalue weighted by atomic mass is 9.93. The molecule has 0 aliphatic rings. The third-order valence-electron chi connectivity index (χ3n) is 13.2. The molecule has 6 heteroatoms. The number of hydrogen-bond acceptors (Lipinski definition) is 0. The van der Waals surface area contributed by atoms with Gasteiger partial charge in [0.25, 0.3) is 0 Å². The van der Waals surface area contributed by atoms with Gasteiger partial charge in [-0.05, 0) is 157 Å². The molecule has 324 valence electrons. The minimum Gasteiger partial charge on any atom is -0.309 e. The molecule has 0 saturated carbocycles. The lowest BCUT2D eigenvalue weighted by Gasteiger charge is -2.19. The van der Waals surface area contributed by atoms with Crippen LogP contribution in [0.2, 0.25) is 0 Å². The number of nitrogens with zero attached hydrogens (tertiary/aromatic N) is 3. The Morgan fingerprint density at radius 1 is 0.403 bits per heavy atom. The molecule has 0 amide bonds. The first-order valence-electron chi connectivity index (χ1n) is 22.4. The summed E-state index contributed by atoms with van der Waals surface area (Å²) < 4.78 is 46.3. The van der Waals surface area contributed by atoms with Crippen molar-refractivity contribution in [2.75, 3.05) is 0 Å². The Balaban J connectivity index is 1.17. The van der Waals surface area contributed by atoms with Crippen molar-refractivity contribution in [2.45, 2.75) is 40.8 Å². The summed E-state index contributed by atoms with van der Waals surface area (Å²) in [5, 5.41) is 4.41. The van der Waals surface area contributed by atoms with E-state index in [0.29, 0.717) is 22.4 Å². The number of alkyl halides is 3. The fourth-order valence-corrected chi connectivity index (χ4v) is 10.4. The third kappa shape index (κ3) is 7.15. The zero-order valence-electron chi connectivity index (χ0n) is 37.7. The Bertz CT molecular complexity index is 3830. The van der Waals surface area contributed by atoms with Crippen molar-refractivity contribution in [2.24, 2.45) is 0 Å². The van der Waals surface area contributed by atoms with Crippen LogP contribution >= 0.6 is 0 Å². The molecule has 2 heterocycles. The van der Waals surface area contributed by atoms with Crippen molar-refractivity contribution < 1.29 is 13.2 Å². The Kier molecular flexibility index (Phi) is 9.79. The van der Waals surface area contributed by atoms with E-state index in [-0.39, 0.29) is 0 Å². The van der Waals surface area contributed by atoms with Crippen LogP contribution in [-0.4, -0.2) is 9.13 Å². The summed E-state index contributed by atoms with van der Waals surface area (Å²) in [4.78, 5) is 4.12. The highest BCUT2D eigenvalue weighted by Gasteiger charge is 2.31. The molecular formula is C61H44F3N3. The van der Waals surface area contributed by atoms with Crippen molar-refractivity contribution in [1.82, 2.24) is 9.13 Å². The Morgan fingerprint density at radius 3 is 1.48 bits per heavy atom. The van der Waals surface area contributed by atoms with Crippen molar-refractivity contribution in [3.63, 3.8) is 0 Å². The molecule has 11 aromatic rings. The second-order valence-electron chi connectivity index (χ2n) is 18.0. The van der Waals surface area contributed by atoms with E-state index in [2.05, 4.69) is 169 Å². The van der Waals surface area contributed by atoms with Crippen molar-refractivity contribution in [3.05, 3.63) is 221 Å². The van der Waals surface area contributed by atoms with Crippen LogP contribution in [0.4, 0.5) is 18.9 Å². The molecule has 0 spiro atoms. The SMILES string of the molecule is [C-]#[N+]c1ccc(-n2c3ccccc3c3cc(-c4cc(C)cc(C)c4)ccc32)cc1-c1cc(-c2ccc(C(F)(F)F)cc2C)ccc1-n1c2ccccc2c2cc(-c3cc(C)cc(C)c3)ccc21. The zero-order chi connectivity index (χ0) is 46.3. The van der Waals surface area contributed by atoms with Gasteiger partial charge in [0.2, 0.25) is 0 Å². The monoisotopic (exact) mass is 875 g/mol. The van der Waals surface area contributed by atoms with Gasteiger partial charge in [-0.3, -0.25) is 0 Å². The molecule has 0 atom stereocenters. The summed E-state index contributed by atoms with van der Waals surface area (Å²) in [6.45, 7) is 18.8. The molecule has 0 radical (unpaired) electrons. The van der Waals surface area contributed by atoms with Crippen LogP contribution in [0.15, 0.2) is 176 Å². The Labute approximate surface area is 387 Å². The maximum Gasteiger partial charge on any atom is 0.416 e. The largest absolute Gasteiger partial charge is 0.416 e. The first-order chi connectivity index (χ1) is 32.3. The van der Waals surface area contributed by atoms with Crippen LogP contribution < -0.4 is 0 Å². The van der Waals surface area contributed by atoms with Crippen LogP contribution in [0.5, 0.6) is 0 Å². The second kappa shape index (κ2) is 15.8. The third-order valence-corrected chi connectivity index (χ3v) is 13.2. The molecule has 11 rings (SSSR count). The minimum atomic E-state index is -4.47. The van der Waals surface area contributed by atoms with E-state index in [1.165, 1.54) is 33.9 Å². The van der Waals surface area contributed by atoms with Gasteiger partial charge in [-0.15, -0.1) is 0 Å². The number of aryl methyl sites for hydroxylation is 5. The summed E-state index contributed by atoms with van der Waals surface area (Å²) in [6.07, 6.45) is -4.47. The van der Waals surface area contributed by atoms with Gasteiger partial charge in [0.1, 0.15) is 0 Å². The number of rotatable bonds is 6. The van der Waals surface area contributed by atoms with Crippen LogP contribution in [0.3, 0.4) is 0 Å². The molecule has 9 aromatic carbocycles. The Morgan fingerprint density at radius 2 is 0.925 bits per heavy atom. The first kappa shape index (κ1) is 41.6. The van der Waals surface area contributed by atoms with Gasteiger partial charge in [0, 0.05) is 27.2 Å². The van der Waals surface area contributed by atoms with Gasteiger partial charge >= 0.3 is 6.18 Å². The summed E-state index contributed by atoms with van der Waals surface area (Å²) in [6, 6.07) is 59.3. The normalized spacial score (nSPS) is 11.9. The highest BCUT2D eigenvalue weighted by molar-refractivity contribution is 6.12. The number of hydrogen-bond donors (Lipinski definition) is 0. The second-order valence-corrected chi connectivity index (χ2v) is 18.0. The maximum absolute atomic E-state index is 13.9. The van der Waals surface area contributed by atoms with Crippen LogP contribution in [0, 0.1) is 41.2 Å². The van der Waals surface area contributed by atoms with E-state index < -0.39 is 11.7 Å². The standard InChI is InChI=1S/C61H44F3N3/c1-36-25-37(2)28-44(27-36)41-15-22-58-52(32-41)49-11-7-9-13-56(49)66(58)47-19-21-55(65-6)51(35-47)54-34-43(48-20-18-46(31-40(48)5)61(62,63)64)17-24-60(54)67-57-14-10-8-12-50(57)53-33-42(16-23-59(53)67)45-29-38(3)26-39(4)30-45/h7-35H,1-5H3. The summed E-state index contributed by atoms with van der Waals surface area (Å²) in [7, 11) is 0. The molecule has 3 nitrogen and oxygen atoms in total. The number of aromatic nitrogens is 2. The molecule has 0 unspecified atom stereocenters. The highest BCUT2D eigenvalue weighted by Crippen LogP contribution is 2.45. The number of fused-ring (bicyclic) bond motifs is 6. The van der Waals surface area contributed by atoms with Crippen LogP contribution in [0.1, 0.15) is 33.4 Å². The summed E-state index contributed by atoms with van der Waals surface area (Å²) in [5.74, 6) is 0. The van der Waals surface area contributed by atoms with Crippen molar-refractivity contribution in [1.29, 1.82) is 0 Å². The van der Waals surface area contributed by atoms with E-state index in [1.54, 1.807) is 13.0 Å². The predicted octanol–water partition coefficient (Wildman–Crippen LogP) is 17.7. The molecule has 0 aliphatic heterocycles. The van der Waals surface area contributed by atoms with E-state index >= 15 is 0 Å². The van der Waals surface area contributed by atoms with Gasteiger partial charge in [0.15, 0.2) is 5.69 Å². The van der Waals surface area contributed by atoms with Gasteiger partial charge in [-0.25, -0.2) is 4.85 Å². The summed E-state index contributed by atoms with van der Waals surface area (Å²) >= 11 is 0.